The number of carbonyl (C=O) groups excluding carboxylic acids is 1. The molecule has 0 saturated carbocycles. The summed E-state index contributed by atoms with van der Waals surface area (Å²) in [5.41, 5.74) is 0.654. The summed E-state index contributed by atoms with van der Waals surface area (Å²) < 4.78 is 6.60. The molecule has 15 heavy (non-hydrogen) atoms. The molecule has 1 heterocycles. The largest absolute Gasteiger partial charge is 0.383 e. The Kier molecular flexibility index (Phi) is 5.00. The van der Waals surface area contributed by atoms with Crippen molar-refractivity contribution in [1.29, 1.82) is 0 Å². The molecule has 0 amide bonds. The molecule has 5 heteroatoms. The lowest BCUT2D eigenvalue weighted by molar-refractivity contribution is 0.0987. The van der Waals surface area contributed by atoms with Crippen LogP contribution in [0.5, 0.6) is 0 Å². The molecule has 0 aliphatic rings. The molecule has 0 unspecified atom stereocenters. The van der Waals surface area contributed by atoms with E-state index < -0.39 is 0 Å². The van der Waals surface area contributed by atoms with Gasteiger partial charge in [-0.25, -0.2) is 0 Å². The summed E-state index contributed by atoms with van der Waals surface area (Å²) in [6.45, 7) is 4.40. The molecule has 0 fully saturated rings. The second kappa shape index (κ2) is 6.31. The third kappa shape index (κ3) is 3.81. The van der Waals surface area contributed by atoms with Crippen LogP contribution in [-0.4, -0.2) is 42.4 Å². The highest BCUT2D eigenvalue weighted by Crippen LogP contribution is 1.98. The average Bonchev–Trinajstić information content (AvgIpc) is 2.72. The number of aromatic nitrogens is 2. The average molecular weight is 211 g/mol. The van der Waals surface area contributed by atoms with Crippen LogP contribution in [0.15, 0.2) is 12.4 Å². The number of nitrogens with one attached hydrogen (secondary N) is 1. The molecular formula is C10H17N3O2. The molecule has 1 N–H and O–H groups in total. The van der Waals surface area contributed by atoms with Gasteiger partial charge < -0.3 is 10.1 Å². The van der Waals surface area contributed by atoms with Crippen LogP contribution in [0.2, 0.25) is 0 Å². The first-order valence-electron chi connectivity index (χ1n) is 5.03. The van der Waals surface area contributed by atoms with E-state index in [1.165, 1.54) is 0 Å². The topological polar surface area (TPSA) is 56.2 Å². The van der Waals surface area contributed by atoms with Crippen molar-refractivity contribution in [3.63, 3.8) is 0 Å². The number of carbonyl (C=O) groups is 1. The molecule has 0 radical (unpaired) electrons. The van der Waals surface area contributed by atoms with Gasteiger partial charge in [-0.1, -0.05) is 0 Å². The first-order chi connectivity index (χ1) is 7.27. The van der Waals surface area contributed by atoms with Crippen LogP contribution < -0.4 is 5.32 Å². The first-order valence-corrected chi connectivity index (χ1v) is 5.03. The van der Waals surface area contributed by atoms with Gasteiger partial charge in [0.25, 0.3) is 0 Å². The third-order valence-electron chi connectivity index (χ3n) is 2.05. The zero-order valence-corrected chi connectivity index (χ0v) is 9.19. The molecular weight excluding hydrogens is 194 g/mol. The number of ether oxygens (including phenoxy) is 1. The molecule has 1 rings (SSSR count). The van der Waals surface area contributed by atoms with E-state index in [4.69, 9.17) is 4.74 Å². The Hall–Kier alpha value is -1.20. The van der Waals surface area contributed by atoms with Gasteiger partial charge in [-0.3, -0.25) is 9.48 Å². The fourth-order valence-electron chi connectivity index (χ4n) is 1.16. The molecule has 84 valence electrons. The van der Waals surface area contributed by atoms with Crippen LogP contribution in [0.3, 0.4) is 0 Å². The molecule has 0 aromatic carbocycles. The Morgan fingerprint density at radius 1 is 1.67 bits per heavy atom. The highest BCUT2D eigenvalue weighted by molar-refractivity contribution is 5.97. The monoisotopic (exact) mass is 211 g/mol. The van der Waals surface area contributed by atoms with Gasteiger partial charge in [-0.2, -0.15) is 5.10 Å². The minimum atomic E-state index is 0.0609. The third-order valence-corrected chi connectivity index (χ3v) is 2.05. The zero-order chi connectivity index (χ0) is 11.1. The number of Topliss-reactive ketones (excluding diaryl/α,β-unsaturated/α-hetero) is 1. The smallest absolute Gasteiger partial charge is 0.179 e. The number of aryl methyl sites for hydroxylation is 1. The Balaban J connectivity index is 2.33. The SMILES string of the molecule is CCn1cc(C(=O)CNCCOC)cn1. The Bertz CT molecular complexity index is 309. The van der Waals surface area contributed by atoms with Crippen molar-refractivity contribution in [1.82, 2.24) is 15.1 Å². The van der Waals surface area contributed by atoms with Gasteiger partial charge >= 0.3 is 0 Å². The number of ketones is 1. The van der Waals surface area contributed by atoms with Gasteiger partial charge in [-0.15, -0.1) is 0 Å². The number of nitrogens with zero attached hydrogens (tertiary/aromatic N) is 2. The molecule has 1 aromatic rings. The fourth-order valence-corrected chi connectivity index (χ4v) is 1.16. The van der Waals surface area contributed by atoms with E-state index >= 15 is 0 Å². The number of rotatable bonds is 7. The molecule has 0 aliphatic heterocycles. The van der Waals surface area contributed by atoms with Crippen LogP contribution in [0.1, 0.15) is 17.3 Å². The van der Waals surface area contributed by atoms with Gasteiger partial charge in [0.15, 0.2) is 5.78 Å². The summed E-state index contributed by atoms with van der Waals surface area (Å²) in [6, 6.07) is 0. The number of methoxy groups -OCH3 is 1. The van der Waals surface area contributed by atoms with Crippen molar-refractivity contribution in [2.24, 2.45) is 0 Å². The lowest BCUT2D eigenvalue weighted by atomic mass is 10.2. The van der Waals surface area contributed by atoms with Crippen molar-refractivity contribution in [3.8, 4) is 0 Å². The lowest BCUT2D eigenvalue weighted by Crippen LogP contribution is -2.26. The highest BCUT2D eigenvalue weighted by atomic mass is 16.5. The molecule has 0 saturated heterocycles. The summed E-state index contributed by atoms with van der Waals surface area (Å²) in [7, 11) is 1.63. The van der Waals surface area contributed by atoms with Gasteiger partial charge in [0.1, 0.15) is 0 Å². The molecule has 5 nitrogen and oxygen atoms in total. The minimum Gasteiger partial charge on any atom is -0.383 e. The van der Waals surface area contributed by atoms with E-state index in [0.29, 0.717) is 25.3 Å². The summed E-state index contributed by atoms with van der Waals surface area (Å²) in [5.74, 6) is 0.0609. The van der Waals surface area contributed by atoms with Crippen LogP contribution in [0.4, 0.5) is 0 Å². The summed E-state index contributed by atoms with van der Waals surface area (Å²) >= 11 is 0. The molecule has 0 atom stereocenters. The summed E-state index contributed by atoms with van der Waals surface area (Å²) in [6.07, 6.45) is 3.37. The number of hydrogen-bond donors (Lipinski definition) is 1. The quantitative estimate of drug-likeness (QED) is 0.521. The van der Waals surface area contributed by atoms with E-state index in [2.05, 4.69) is 10.4 Å². The second-order valence-corrected chi connectivity index (χ2v) is 3.18. The van der Waals surface area contributed by atoms with Crippen molar-refractivity contribution in [2.75, 3.05) is 26.8 Å². The maximum absolute atomic E-state index is 11.6. The Morgan fingerprint density at radius 2 is 2.47 bits per heavy atom. The van der Waals surface area contributed by atoms with E-state index in [-0.39, 0.29) is 5.78 Å². The lowest BCUT2D eigenvalue weighted by Gasteiger charge is -2.01. The maximum Gasteiger partial charge on any atom is 0.179 e. The van der Waals surface area contributed by atoms with E-state index in [1.54, 1.807) is 24.2 Å². The normalized spacial score (nSPS) is 10.5. The second-order valence-electron chi connectivity index (χ2n) is 3.18. The van der Waals surface area contributed by atoms with Gasteiger partial charge in [0, 0.05) is 26.4 Å². The minimum absolute atomic E-state index is 0.0609. The van der Waals surface area contributed by atoms with Crippen LogP contribution in [0, 0.1) is 0 Å². The summed E-state index contributed by atoms with van der Waals surface area (Å²) in [4.78, 5) is 11.6. The zero-order valence-electron chi connectivity index (χ0n) is 9.19. The van der Waals surface area contributed by atoms with E-state index in [9.17, 15) is 4.79 Å². The standard InChI is InChI=1S/C10H17N3O2/c1-3-13-8-9(6-12-13)10(14)7-11-4-5-15-2/h6,8,11H,3-5,7H2,1-2H3. The van der Waals surface area contributed by atoms with E-state index in [0.717, 1.165) is 6.54 Å². The van der Waals surface area contributed by atoms with Crippen LogP contribution in [-0.2, 0) is 11.3 Å². The Morgan fingerprint density at radius 3 is 3.07 bits per heavy atom. The maximum atomic E-state index is 11.6. The van der Waals surface area contributed by atoms with E-state index in [1.807, 2.05) is 6.92 Å². The predicted octanol–water partition coefficient (Wildman–Crippen LogP) is 0.322. The molecule has 1 aromatic heterocycles. The number of hydrogen-bond acceptors (Lipinski definition) is 4. The highest BCUT2D eigenvalue weighted by Gasteiger charge is 2.07. The Labute approximate surface area is 89.4 Å². The van der Waals surface area contributed by atoms with Crippen molar-refractivity contribution in [2.45, 2.75) is 13.5 Å². The van der Waals surface area contributed by atoms with Gasteiger partial charge in [0.2, 0.25) is 0 Å². The molecule has 0 aliphatic carbocycles. The molecule has 0 bridgehead atoms. The van der Waals surface area contributed by atoms with Crippen LogP contribution >= 0.6 is 0 Å². The molecule has 0 spiro atoms. The van der Waals surface area contributed by atoms with Crippen molar-refractivity contribution >= 4 is 5.78 Å². The van der Waals surface area contributed by atoms with Crippen molar-refractivity contribution in [3.05, 3.63) is 18.0 Å². The van der Waals surface area contributed by atoms with Gasteiger partial charge in [0.05, 0.1) is 24.9 Å². The van der Waals surface area contributed by atoms with Gasteiger partial charge in [-0.05, 0) is 6.92 Å². The summed E-state index contributed by atoms with van der Waals surface area (Å²) in [5, 5.41) is 7.04. The first kappa shape index (κ1) is 11.9. The predicted molar refractivity (Wildman–Crippen MR) is 57.0 cm³/mol. The fraction of sp³-hybridized carbons (Fsp3) is 0.600. The van der Waals surface area contributed by atoms with Crippen molar-refractivity contribution < 1.29 is 9.53 Å². The van der Waals surface area contributed by atoms with Crippen LogP contribution in [0.25, 0.3) is 0 Å².